The number of ether oxygens (including phenoxy) is 2. The normalized spacial score (nSPS) is 10.2. The number of rotatable bonds is 7. The average molecular weight is 334 g/mol. The summed E-state index contributed by atoms with van der Waals surface area (Å²) in [7, 11) is 0. The summed E-state index contributed by atoms with van der Waals surface area (Å²) in [5, 5.41) is 8.61. The van der Waals surface area contributed by atoms with Crippen molar-refractivity contribution in [2.24, 2.45) is 0 Å². The molecule has 4 heteroatoms. The summed E-state index contributed by atoms with van der Waals surface area (Å²) in [6.45, 7) is 0.0883. The van der Waals surface area contributed by atoms with Gasteiger partial charge in [0.05, 0.1) is 0 Å². The zero-order chi connectivity index (χ0) is 17.5. The monoisotopic (exact) mass is 334 g/mol. The third kappa shape index (κ3) is 4.61. The van der Waals surface area contributed by atoms with Crippen molar-refractivity contribution in [1.82, 2.24) is 0 Å². The molecular weight excluding hydrogens is 316 g/mol. The summed E-state index contributed by atoms with van der Waals surface area (Å²) in [4.78, 5) is 10.5. The molecule has 0 amide bonds. The van der Waals surface area contributed by atoms with E-state index >= 15 is 0 Å². The van der Waals surface area contributed by atoms with Crippen LogP contribution in [0.25, 0.3) is 11.1 Å². The Bertz CT molecular complexity index is 826. The molecule has 4 nitrogen and oxygen atoms in total. The molecule has 0 fully saturated rings. The summed E-state index contributed by atoms with van der Waals surface area (Å²) in [5.74, 6) is 0.197. The Morgan fingerprint density at radius 1 is 0.760 bits per heavy atom. The van der Waals surface area contributed by atoms with Gasteiger partial charge < -0.3 is 14.6 Å². The van der Waals surface area contributed by atoms with E-state index in [4.69, 9.17) is 14.6 Å². The summed E-state index contributed by atoms with van der Waals surface area (Å²) in [6.07, 6.45) is 0. The van der Waals surface area contributed by atoms with Crippen LogP contribution in [0.3, 0.4) is 0 Å². The van der Waals surface area contributed by atoms with Gasteiger partial charge in [-0.2, -0.15) is 0 Å². The quantitative estimate of drug-likeness (QED) is 0.696. The second-order valence-electron chi connectivity index (χ2n) is 5.47. The predicted molar refractivity (Wildman–Crippen MR) is 95.8 cm³/mol. The standard InChI is InChI=1S/C21H18O4/c22-21(23)15-25-19-12-10-18(11-13-19)24-14-17-8-4-5-9-20(17)16-6-2-1-3-7-16/h1-13H,14-15H2,(H,22,23). The van der Waals surface area contributed by atoms with Crippen LogP contribution in [0.1, 0.15) is 5.56 Å². The van der Waals surface area contributed by atoms with Gasteiger partial charge in [0.15, 0.2) is 6.61 Å². The predicted octanol–water partition coefficient (Wildman–Crippen LogP) is 4.40. The van der Waals surface area contributed by atoms with E-state index in [9.17, 15) is 4.79 Å². The average Bonchev–Trinajstić information content (AvgIpc) is 2.66. The molecule has 3 aromatic carbocycles. The molecule has 0 unspecified atom stereocenters. The fourth-order valence-electron chi connectivity index (χ4n) is 2.48. The minimum atomic E-state index is -1.00. The molecule has 0 spiro atoms. The van der Waals surface area contributed by atoms with E-state index < -0.39 is 5.97 Å². The summed E-state index contributed by atoms with van der Waals surface area (Å²) in [5.41, 5.74) is 3.39. The lowest BCUT2D eigenvalue weighted by molar-refractivity contribution is -0.139. The van der Waals surface area contributed by atoms with Gasteiger partial charge in [-0.05, 0) is 41.0 Å². The molecule has 0 atom stereocenters. The summed E-state index contributed by atoms with van der Waals surface area (Å²) in [6, 6.07) is 25.2. The van der Waals surface area contributed by atoms with Crippen molar-refractivity contribution in [2.45, 2.75) is 6.61 Å². The molecule has 0 aromatic heterocycles. The number of carboxylic acid groups (broad SMARTS) is 1. The summed E-state index contributed by atoms with van der Waals surface area (Å²) >= 11 is 0. The fraction of sp³-hybridized carbons (Fsp3) is 0.0952. The lowest BCUT2D eigenvalue weighted by Crippen LogP contribution is -2.09. The largest absolute Gasteiger partial charge is 0.489 e. The molecule has 0 saturated carbocycles. The third-order valence-electron chi connectivity index (χ3n) is 3.68. The van der Waals surface area contributed by atoms with Crippen LogP contribution in [0.2, 0.25) is 0 Å². The van der Waals surface area contributed by atoms with Crippen LogP contribution < -0.4 is 9.47 Å². The highest BCUT2D eigenvalue weighted by Crippen LogP contribution is 2.25. The van der Waals surface area contributed by atoms with E-state index in [2.05, 4.69) is 18.2 Å². The van der Waals surface area contributed by atoms with E-state index in [-0.39, 0.29) is 6.61 Å². The maximum absolute atomic E-state index is 10.5. The van der Waals surface area contributed by atoms with Crippen molar-refractivity contribution in [3.8, 4) is 22.6 Å². The highest BCUT2D eigenvalue weighted by Gasteiger charge is 2.05. The van der Waals surface area contributed by atoms with Gasteiger partial charge in [-0.15, -0.1) is 0 Å². The topological polar surface area (TPSA) is 55.8 Å². The van der Waals surface area contributed by atoms with Crippen LogP contribution in [0.4, 0.5) is 0 Å². The molecule has 0 bridgehead atoms. The Kier molecular flexibility index (Phi) is 5.32. The van der Waals surface area contributed by atoms with Crippen molar-refractivity contribution in [2.75, 3.05) is 6.61 Å². The van der Waals surface area contributed by atoms with Gasteiger partial charge in [0, 0.05) is 0 Å². The lowest BCUT2D eigenvalue weighted by Gasteiger charge is -2.12. The number of carboxylic acids is 1. The van der Waals surface area contributed by atoms with Crippen LogP contribution >= 0.6 is 0 Å². The molecule has 1 N–H and O–H groups in total. The van der Waals surface area contributed by atoms with E-state index in [1.165, 1.54) is 0 Å². The number of carbonyl (C=O) groups is 1. The molecule has 3 aromatic rings. The van der Waals surface area contributed by atoms with Crippen LogP contribution in [-0.2, 0) is 11.4 Å². The van der Waals surface area contributed by atoms with E-state index in [1.54, 1.807) is 24.3 Å². The minimum absolute atomic E-state index is 0.356. The Balaban J connectivity index is 1.67. The van der Waals surface area contributed by atoms with E-state index in [0.717, 1.165) is 16.7 Å². The van der Waals surface area contributed by atoms with Gasteiger partial charge in [0.25, 0.3) is 0 Å². The molecule has 3 rings (SSSR count). The van der Waals surface area contributed by atoms with Crippen LogP contribution in [0.5, 0.6) is 11.5 Å². The van der Waals surface area contributed by atoms with Crippen LogP contribution in [-0.4, -0.2) is 17.7 Å². The summed E-state index contributed by atoms with van der Waals surface area (Å²) < 4.78 is 11.0. The lowest BCUT2D eigenvalue weighted by atomic mass is 10.0. The molecule has 0 aliphatic carbocycles. The van der Waals surface area contributed by atoms with Gasteiger partial charge in [-0.3, -0.25) is 0 Å². The van der Waals surface area contributed by atoms with Crippen molar-refractivity contribution in [3.63, 3.8) is 0 Å². The molecule has 0 radical (unpaired) electrons. The minimum Gasteiger partial charge on any atom is -0.489 e. The van der Waals surface area contributed by atoms with E-state index in [1.807, 2.05) is 36.4 Å². The Morgan fingerprint density at radius 3 is 2.04 bits per heavy atom. The van der Waals surface area contributed by atoms with Gasteiger partial charge in [0.2, 0.25) is 0 Å². The number of benzene rings is 3. The number of hydrogen-bond acceptors (Lipinski definition) is 3. The first kappa shape index (κ1) is 16.6. The van der Waals surface area contributed by atoms with Gasteiger partial charge in [0.1, 0.15) is 18.1 Å². The van der Waals surface area contributed by atoms with Crippen molar-refractivity contribution in [1.29, 1.82) is 0 Å². The van der Waals surface area contributed by atoms with Gasteiger partial charge >= 0.3 is 5.97 Å². The highest BCUT2D eigenvalue weighted by atomic mass is 16.5. The molecule has 126 valence electrons. The molecule has 0 aliphatic rings. The molecular formula is C21H18O4. The smallest absolute Gasteiger partial charge is 0.341 e. The first-order chi connectivity index (χ1) is 12.2. The molecule has 25 heavy (non-hydrogen) atoms. The zero-order valence-electron chi connectivity index (χ0n) is 13.6. The van der Waals surface area contributed by atoms with Crippen LogP contribution in [0, 0.1) is 0 Å². The maximum Gasteiger partial charge on any atom is 0.341 e. The second-order valence-corrected chi connectivity index (χ2v) is 5.47. The molecule has 0 heterocycles. The molecule has 0 saturated heterocycles. The number of hydrogen-bond donors (Lipinski definition) is 1. The van der Waals surface area contributed by atoms with Gasteiger partial charge in [-0.1, -0.05) is 54.6 Å². The van der Waals surface area contributed by atoms with Crippen molar-refractivity contribution in [3.05, 3.63) is 84.4 Å². The highest BCUT2D eigenvalue weighted by molar-refractivity contribution is 5.68. The molecule has 0 aliphatic heterocycles. The van der Waals surface area contributed by atoms with Gasteiger partial charge in [-0.25, -0.2) is 4.79 Å². The number of aliphatic carboxylic acids is 1. The SMILES string of the molecule is O=C(O)COc1ccc(OCc2ccccc2-c2ccccc2)cc1. The van der Waals surface area contributed by atoms with E-state index in [0.29, 0.717) is 18.1 Å². The zero-order valence-corrected chi connectivity index (χ0v) is 13.6. The fourth-order valence-corrected chi connectivity index (χ4v) is 2.48. The Hall–Kier alpha value is -3.27. The van der Waals surface area contributed by atoms with Crippen molar-refractivity contribution < 1.29 is 19.4 Å². The Labute approximate surface area is 146 Å². The third-order valence-corrected chi connectivity index (χ3v) is 3.68. The second kappa shape index (κ2) is 8.02. The first-order valence-corrected chi connectivity index (χ1v) is 7.93. The first-order valence-electron chi connectivity index (χ1n) is 7.93. The maximum atomic E-state index is 10.5. The Morgan fingerprint density at radius 2 is 1.36 bits per heavy atom. The van der Waals surface area contributed by atoms with Crippen LogP contribution in [0.15, 0.2) is 78.9 Å². The van der Waals surface area contributed by atoms with Crippen molar-refractivity contribution >= 4 is 5.97 Å².